The Labute approximate surface area is 103 Å². The third kappa shape index (κ3) is 2.60. The lowest BCUT2D eigenvalue weighted by molar-refractivity contribution is -0.118. The molecule has 0 spiro atoms. The highest BCUT2D eigenvalue weighted by Crippen LogP contribution is 2.30. The van der Waals surface area contributed by atoms with E-state index in [1.165, 1.54) is 0 Å². The van der Waals surface area contributed by atoms with Crippen LogP contribution in [0.5, 0.6) is 0 Å². The highest BCUT2D eigenvalue weighted by Gasteiger charge is 2.24. The van der Waals surface area contributed by atoms with Gasteiger partial charge in [-0.3, -0.25) is 4.79 Å². The van der Waals surface area contributed by atoms with Crippen LogP contribution in [-0.2, 0) is 4.79 Å². The van der Waals surface area contributed by atoms with E-state index in [1.807, 2.05) is 29.2 Å². The van der Waals surface area contributed by atoms with Gasteiger partial charge in [0.15, 0.2) is 0 Å². The second-order valence-electron chi connectivity index (χ2n) is 4.67. The van der Waals surface area contributed by atoms with Gasteiger partial charge in [-0.25, -0.2) is 0 Å². The largest absolute Gasteiger partial charge is 0.380 e. The molecule has 1 amide bonds. The van der Waals surface area contributed by atoms with Gasteiger partial charge in [-0.2, -0.15) is 0 Å². The van der Waals surface area contributed by atoms with Gasteiger partial charge >= 0.3 is 0 Å². The molecule has 1 unspecified atom stereocenters. The molecule has 17 heavy (non-hydrogen) atoms. The Kier molecular flexibility index (Phi) is 3.67. The minimum absolute atomic E-state index is 0.204. The maximum atomic E-state index is 12.2. The van der Waals surface area contributed by atoms with Crippen LogP contribution in [0.25, 0.3) is 0 Å². The molecule has 1 aliphatic heterocycles. The summed E-state index contributed by atoms with van der Waals surface area (Å²) in [5, 5.41) is 3.40. The van der Waals surface area contributed by atoms with Crippen molar-refractivity contribution in [1.29, 1.82) is 0 Å². The number of anilines is 2. The molecular weight excluding hydrogens is 212 g/mol. The Morgan fingerprint density at radius 2 is 2.18 bits per heavy atom. The molecule has 1 N–H and O–H groups in total. The predicted octanol–water partition coefficient (Wildman–Crippen LogP) is 3.02. The first-order valence-corrected chi connectivity index (χ1v) is 6.38. The Morgan fingerprint density at radius 3 is 2.94 bits per heavy atom. The highest BCUT2D eigenvalue weighted by atomic mass is 16.2. The molecule has 0 radical (unpaired) electrons. The second-order valence-corrected chi connectivity index (χ2v) is 4.67. The molecule has 3 nitrogen and oxygen atoms in total. The number of amides is 1. The summed E-state index contributed by atoms with van der Waals surface area (Å²) in [5.74, 6) is 0.225. The van der Waals surface area contributed by atoms with Crippen molar-refractivity contribution in [3.8, 4) is 0 Å². The molecule has 0 fully saturated rings. The number of nitrogens with zero attached hydrogens (tertiary/aromatic N) is 1. The molecule has 1 atom stereocenters. The fraction of sp³-hybridized carbons (Fsp3) is 0.500. The fourth-order valence-corrected chi connectivity index (χ4v) is 2.22. The summed E-state index contributed by atoms with van der Waals surface area (Å²) in [6.07, 6.45) is 2.72. The molecule has 2 rings (SSSR count). The van der Waals surface area contributed by atoms with Crippen LogP contribution in [0.3, 0.4) is 0 Å². The number of para-hydroxylation sites is 2. The number of carbonyl (C=O) groups is 1. The maximum absolute atomic E-state index is 12.2. The zero-order chi connectivity index (χ0) is 12.3. The van der Waals surface area contributed by atoms with E-state index in [2.05, 4.69) is 19.2 Å². The maximum Gasteiger partial charge on any atom is 0.229 e. The van der Waals surface area contributed by atoms with E-state index in [1.54, 1.807) is 0 Å². The van der Waals surface area contributed by atoms with Gasteiger partial charge in [0.1, 0.15) is 0 Å². The van der Waals surface area contributed by atoms with Gasteiger partial charge in [0.05, 0.1) is 11.4 Å². The highest BCUT2D eigenvalue weighted by molar-refractivity contribution is 5.98. The number of hydrogen-bond donors (Lipinski definition) is 1. The van der Waals surface area contributed by atoms with E-state index in [0.29, 0.717) is 6.42 Å². The SMILES string of the molecule is CCCCN1C(=O)CC(C)Nc2ccccc21. The molecule has 3 heteroatoms. The van der Waals surface area contributed by atoms with Crippen LogP contribution in [0, 0.1) is 0 Å². The standard InChI is InChI=1S/C14H20N2O/c1-3-4-9-16-13-8-6-5-7-12(13)15-11(2)10-14(16)17/h5-8,11,15H,3-4,9-10H2,1-2H3. The van der Waals surface area contributed by atoms with Crippen LogP contribution in [0.1, 0.15) is 33.1 Å². The van der Waals surface area contributed by atoms with Crippen molar-refractivity contribution in [2.24, 2.45) is 0 Å². The number of fused-ring (bicyclic) bond motifs is 1. The van der Waals surface area contributed by atoms with Crippen LogP contribution >= 0.6 is 0 Å². The van der Waals surface area contributed by atoms with Gasteiger partial charge < -0.3 is 10.2 Å². The van der Waals surface area contributed by atoms with E-state index < -0.39 is 0 Å². The van der Waals surface area contributed by atoms with Crippen LogP contribution in [0.2, 0.25) is 0 Å². The molecule has 1 aliphatic rings. The lowest BCUT2D eigenvalue weighted by Gasteiger charge is -2.22. The van der Waals surface area contributed by atoms with Crippen molar-refractivity contribution in [2.75, 3.05) is 16.8 Å². The third-order valence-corrected chi connectivity index (χ3v) is 3.11. The first kappa shape index (κ1) is 12.0. The average Bonchev–Trinajstić information content (AvgIpc) is 2.42. The van der Waals surface area contributed by atoms with E-state index in [4.69, 9.17) is 0 Å². The van der Waals surface area contributed by atoms with Crippen LogP contribution in [0.15, 0.2) is 24.3 Å². The van der Waals surface area contributed by atoms with Crippen molar-refractivity contribution in [3.05, 3.63) is 24.3 Å². The zero-order valence-electron chi connectivity index (χ0n) is 10.6. The molecule has 0 saturated heterocycles. The predicted molar refractivity (Wildman–Crippen MR) is 71.4 cm³/mol. The quantitative estimate of drug-likeness (QED) is 0.868. The Hall–Kier alpha value is -1.51. The summed E-state index contributed by atoms with van der Waals surface area (Å²) < 4.78 is 0. The summed E-state index contributed by atoms with van der Waals surface area (Å²) in [6.45, 7) is 5.02. The van der Waals surface area contributed by atoms with Crippen molar-refractivity contribution < 1.29 is 4.79 Å². The Morgan fingerprint density at radius 1 is 1.41 bits per heavy atom. The van der Waals surface area contributed by atoms with Crippen LogP contribution in [-0.4, -0.2) is 18.5 Å². The normalized spacial score (nSPS) is 19.5. The molecule has 0 bridgehead atoms. The van der Waals surface area contributed by atoms with Crippen LogP contribution < -0.4 is 10.2 Å². The van der Waals surface area contributed by atoms with Gasteiger partial charge in [0, 0.05) is 19.0 Å². The van der Waals surface area contributed by atoms with Gasteiger partial charge in [-0.1, -0.05) is 25.5 Å². The number of unbranched alkanes of at least 4 members (excludes halogenated alkanes) is 1. The van der Waals surface area contributed by atoms with Crippen molar-refractivity contribution in [2.45, 2.75) is 39.2 Å². The minimum atomic E-state index is 0.204. The number of hydrogen-bond acceptors (Lipinski definition) is 2. The summed E-state index contributed by atoms with van der Waals surface area (Å²) in [4.78, 5) is 14.1. The fourth-order valence-electron chi connectivity index (χ4n) is 2.22. The topological polar surface area (TPSA) is 32.3 Å². The Balaban J connectivity index is 2.32. The summed E-state index contributed by atoms with van der Waals surface area (Å²) in [5.41, 5.74) is 2.09. The number of carbonyl (C=O) groups excluding carboxylic acids is 1. The van der Waals surface area contributed by atoms with Gasteiger partial charge in [0.2, 0.25) is 5.91 Å². The monoisotopic (exact) mass is 232 g/mol. The number of rotatable bonds is 3. The molecule has 92 valence electrons. The lowest BCUT2D eigenvalue weighted by Crippen LogP contribution is -2.32. The van der Waals surface area contributed by atoms with Gasteiger partial charge in [-0.05, 0) is 25.5 Å². The number of nitrogens with one attached hydrogen (secondary N) is 1. The molecule has 0 aromatic heterocycles. The van der Waals surface area contributed by atoms with Crippen molar-refractivity contribution in [3.63, 3.8) is 0 Å². The first-order valence-electron chi connectivity index (χ1n) is 6.38. The average molecular weight is 232 g/mol. The van der Waals surface area contributed by atoms with Gasteiger partial charge in [0.25, 0.3) is 0 Å². The van der Waals surface area contributed by atoms with Crippen molar-refractivity contribution in [1.82, 2.24) is 0 Å². The second kappa shape index (κ2) is 5.21. The van der Waals surface area contributed by atoms with Crippen molar-refractivity contribution >= 4 is 17.3 Å². The smallest absolute Gasteiger partial charge is 0.229 e. The van der Waals surface area contributed by atoms with Gasteiger partial charge in [-0.15, -0.1) is 0 Å². The van der Waals surface area contributed by atoms with Crippen LogP contribution in [0.4, 0.5) is 11.4 Å². The summed E-state index contributed by atoms with van der Waals surface area (Å²) in [6, 6.07) is 8.27. The molecule has 1 heterocycles. The molecule has 0 aliphatic carbocycles. The zero-order valence-corrected chi connectivity index (χ0v) is 10.6. The summed E-state index contributed by atoms with van der Waals surface area (Å²) >= 11 is 0. The Bertz CT molecular complexity index is 403. The lowest BCUT2D eigenvalue weighted by atomic mass is 10.2. The summed E-state index contributed by atoms with van der Waals surface area (Å²) in [7, 11) is 0. The molecular formula is C14H20N2O. The first-order chi connectivity index (χ1) is 8.22. The minimum Gasteiger partial charge on any atom is -0.380 e. The number of benzene rings is 1. The third-order valence-electron chi connectivity index (χ3n) is 3.11. The van der Waals surface area contributed by atoms with E-state index in [-0.39, 0.29) is 11.9 Å². The molecule has 1 aromatic carbocycles. The van der Waals surface area contributed by atoms with E-state index in [9.17, 15) is 4.79 Å². The molecule has 1 aromatic rings. The van der Waals surface area contributed by atoms with E-state index >= 15 is 0 Å². The van der Waals surface area contributed by atoms with E-state index in [0.717, 1.165) is 30.8 Å². The molecule has 0 saturated carbocycles.